The van der Waals surface area contributed by atoms with Gasteiger partial charge in [0.05, 0.1) is 13.7 Å². The van der Waals surface area contributed by atoms with Gasteiger partial charge in [-0.15, -0.1) is 0 Å². The van der Waals surface area contributed by atoms with Gasteiger partial charge in [-0.05, 0) is 36.2 Å². The van der Waals surface area contributed by atoms with E-state index in [4.69, 9.17) is 14.2 Å². The molecule has 0 bridgehead atoms. The van der Waals surface area contributed by atoms with Gasteiger partial charge in [-0.3, -0.25) is 0 Å². The predicted octanol–water partition coefficient (Wildman–Crippen LogP) is 2.74. The van der Waals surface area contributed by atoms with E-state index in [9.17, 15) is 9.90 Å². The van der Waals surface area contributed by atoms with Gasteiger partial charge in [0.25, 0.3) is 0 Å². The Morgan fingerprint density at radius 3 is 2.50 bits per heavy atom. The van der Waals surface area contributed by atoms with E-state index in [1.165, 1.54) is 0 Å². The number of ether oxygens (including phenoxy) is 3. The SMILES string of the molecule is CCOC(=O)[C@@H](O)Cc1ccccc1OCc1ccc(OC)cc1. The lowest BCUT2D eigenvalue weighted by Crippen LogP contribution is -2.25. The van der Waals surface area contributed by atoms with Crippen molar-refractivity contribution in [2.45, 2.75) is 26.1 Å². The minimum Gasteiger partial charge on any atom is -0.497 e. The lowest BCUT2D eigenvalue weighted by molar-refractivity contribution is -0.152. The number of carbonyl (C=O) groups is 1. The van der Waals surface area contributed by atoms with Crippen LogP contribution in [-0.2, 0) is 22.6 Å². The zero-order chi connectivity index (χ0) is 17.4. The maximum Gasteiger partial charge on any atom is 0.335 e. The van der Waals surface area contributed by atoms with Crippen LogP contribution in [0, 0.1) is 0 Å². The molecular formula is C19H22O5. The summed E-state index contributed by atoms with van der Waals surface area (Å²) in [5.41, 5.74) is 1.75. The number of aliphatic hydroxyl groups excluding tert-OH is 1. The van der Waals surface area contributed by atoms with E-state index in [-0.39, 0.29) is 13.0 Å². The third-order valence-electron chi connectivity index (χ3n) is 3.50. The van der Waals surface area contributed by atoms with Gasteiger partial charge in [-0.2, -0.15) is 0 Å². The molecule has 0 unspecified atom stereocenters. The first kappa shape index (κ1) is 17.8. The summed E-state index contributed by atoms with van der Waals surface area (Å²) < 4.78 is 15.8. The molecule has 2 rings (SSSR count). The van der Waals surface area contributed by atoms with E-state index in [1.807, 2.05) is 48.5 Å². The summed E-state index contributed by atoms with van der Waals surface area (Å²) in [6, 6.07) is 14.9. The van der Waals surface area contributed by atoms with Crippen molar-refractivity contribution in [3.8, 4) is 11.5 Å². The number of methoxy groups -OCH3 is 1. The van der Waals surface area contributed by atoms with Crippen LogP contribution in [0.15, 0.2) is 48.5 Å². The van der Waals surface area contributed by atoms with Crippen molar-refractivity contribution in [1.29, 1.82) is 0 Å². The highest BCUT2D eigenvalue weighted by atomic mass is 16.5. The Balaban J connectivity index is 2.01. The Morgan fingerprint density at radius 1 is 1.12 bits per heavy atom. The average Bonchev–Trinajstić information content (AvgIpc) is 2.61. The maximum atomic E-state index is 11.6. The van der Waals surface area contributed by atoms with Gasteiger partial charge in [0, 0.05) is 6.42 Å². The summed E-state index contributed by atoms with van der Waals surface area (Å²) in [7, 11) is 1.62. The second-order valence-corrected chi connectivity index (χ2v) is 5.22. The van der Waals surface area contributed by atoms with E-state index in [2.05, 4.69) is 0 Å². The first-order chi connectivity index (χ1) is 11.6. The molecule has 1 atom stereocenters. The first-order valence-electron chi connectivity index (χ1n) is 7.82. The van der Waals surface area contributed by atoms with Gasteiger partial charge in [0.2, 0.25) is 0 Å². The summed E-state index contributed by atoms with van der Waals surface area (Å²) in [6.07, 6.45) is -1.05. The van der Waals surface area contributed by atoms with Gasteiger partial charge >= 0.3 is 5.97 Å². The molecule has 0 aromatic heterocycles. The molecule has 1 N–H and O–H groups in total. The summed E-state index contributed by atoms with van der Waals surface area (Å²) in [5, 5.41) is 9.93. The Hall–Kier alpha value is -2.53. The Kier molecular flexibility index (Phi) is 6.63. The van der Waals surface area contributed by atoms with Crippen LogP contribution in [0.25, 0.3) is 0 Å². The fraction of sp³-hybridized carbons (Fsp3) is 0.316. The second kappa shape index (κ2) is 8.93. The van der Waals surface area contributed by atoms with Crippen LogP contribution in [0.4, 0.5) is 0 Å². The maximum absolute atomic E-state index is 11.6. The molecule has 2 aromatic rings. The van der Waals surface area contributed by atoms with Gasteiger partial charge in [0.15, 0.2) is 6.10 Å². The fourth-order valence-corrected chi connectivity index (χ4v) is 2.23. The molecule has 0 aliphatic carbocycles. The smallest absolute Gasteiger partial charge is 0.335 e. The number of aliphatic hydroxyl groups is 1. The third-order valence-corrected chi connectivity index (χ3v) is 3.50. The summed E-state index contributed by atoms with van der Waals surface area (Å²) in [6.45, 7) is 2.33. The highest BCUT2D eigenvalue weighted by Crippen LogP contribution is 2.22. The standard InChI is InChI=1S/C19H22O5/c1-3-23-19(21)17(20)12-15-6-4-5-7-18(15)24-13-14-8-10-16(22-2)11-9-14/h4-11,17,20H,3,12-13H2,1-2H3/t17-/m0/s1. The van der Waals surface area contributed by atoms with Crippen molar-refractivity contribution >= 4 is 5.97 Å². The van der Waals surface area contributed by atoms with Gasteiger partial charge in [0.1, 0.15) is 18.1 Å². The highest BCUT2D eigenvalue weighted by Gasteiger charge is 2.18. The number of carbonyl (C=O) groups excluding carboxylic acids is 1. The van der Waals surface area contributed by atoms with Crippen LogP contribution < -0.4 is 9.47 Å². The molecule has 0 fully saturated rings. The zero-order valence-corrected chi connectivity index (χ0v) is 13.9. The molecule has 0 saturated heterocycles. The summed E-state index contributed by atoms with van der Waals surface area (Å²) >= 11 is 0. The molecule has 0 radical (unpaired) electrons. The van der Waals surface area contributed by atoms with Crippen LogP contribution in [0.3, 0.4) is 0 Å². The lowest BCUT2D eigenvalue weighted by atomic mass is 10.1. The minimum atomic E-state index is -1.20. The van der Waals surface area contributed by atoms with Crippen molar-refractivity contribution in [1.82, 2.24) is 0 Å². The molecule has 0 heterocycles. The molecule has 0 aliphatic rings. The molecule has 0 spiro atoms. The molecule has 0 aliphatic heterocycles. The van der Waals surface area contributed by atoms with Gasteiger partial charge in [-0.1, -0.05) is 30.3 Å². The van der Waals surface area contributed by atoms with Crippen molar-refractivity contribution in [2.24, 2.45) is 0 Å². The van der Waals surface area contributed by atoms with E-state index in [1.54, 1.807) is 14.0 Å². The minimum absolute atomic E-state index is 0.150. The van der Waals surface area contributed by atoms with Crippen LogP contribution >= 0.6 is 0 Å². The number of hydrogen-bond donors (Lipinski definition) is 1. The Morgan fingerprint density at radius 2 is 1.83 bits per heavy atom. The molecule has 0 saturated carbocycles. The van der Waals surface area contributed by atoms with Gasteiger partial charge in [-0.25, -0.2) is 4.79 Å². The Bertz CT molecular complexity index is 651. The van der Waals surface area contributed by atoms with Crippen LogP contribution in [0.2, 0.25) is 0 Å². The quantitative estimate of drug-likeness (QED) is 0.754. The van der Waals surface area contributed by atoms with Crippen molar-refractivity contribution in [2.75, 3.05) is 13.7 Å². The molecule has 0 amide bonds. The topological polar surface area (TPSA) is 65.0 Å². The molecule has 5 nitrogen and oxygen atoms in total. The van der Waals surface area contributed by atoms with Crippen LogP contribution in [-0.4, -0.2) is 30.9 Å². The monoisotopic (exact) mass is 330 g/mol. The van der Waals surface area contributed by atoms with Crippen molar-refractivity contribution in [3.63, 3.8) is 0 Å². The van der Waals surface area contributed by atoms with E-state index in [0.29, 0.717) is 12.4 Å². The first-order valence-corrected chi connectivity index (χ1v) is 7.82. The zero-order valence-electron chi connectivity index (χ0n) is 13.9. The van der Waals surface area contributed by atoms with Crippen LogP contribution in [0.5, 0.6) is 11.5 Å². The summed E-state index contributed by atoms with van der Waals surface area (Å²) in [4.78, 5) is 11.6. The van der Waals surface area contributed by atoms with Gasteiger partial charge < -0.3 is 19.3 Å². The summed E-state index contributed by atoms with van der Waals surface area (Å²) in [5.74, 6) is 0.802. The molecule has 5 heteroatoms. The number of hydrogen-bond acceptors (Lipinski definition) is 5. The number of para-hydroxylation sites is 1. The molecule has 2 aromatic carbocycles. The Labute approximate surface area is 141 Å². The lowest BCUT2D eigenvalue weighted by Gasteiger charge is -2.14. The number of esters is 1. The highest BCUT2D eigenvalue weighted by molar-refractivity contribution is 5.74. The normalized spacial score (nSPS) is 11.6. The predicted molar refractivity (Wildman–Crippen MR) is 90.1 cm³/mol. The van der Waals surface area contributed by atoms with Crippen molar-refractivity contribution < 1.29 is 24.1 Å². The van der Waals surface area contributed by atoms with E-state index >= 15 is 0 Å². The number of rotatable bonds is 8. The fourth-order valence-electron chi connectivity index (χ4n) is 2.23. The third kappa shape index (κ3) is 4.99. The number of benzene rings is 2. The molecule has 24 heavy (non-hydrogen) atoms. The van der Waals surface area contributed by atoms with E-state index < -0.39 is 12.1 Å². The largest absolute Gasteiger partial charge is 0.497 e. The van der Waals surface area contributed by atoms with Crippen molar-refractivity contribution in [3.05, 3.63) is 59.7 Å². The molecular weight excluding hydrogens is 308 g/mol. The second-order valence-electron chi connectivity index (χ2n) is 5.22. The van der Waals surface area contributed by atoms with Crippen LogP contribution in [0.1, 0.15) is 18.1 Å². The average molecular weight is 330 g/mol. The van der Waals surface area contributed by atoms with E-state index in [0.717, 1.165) is 16.9 Å². The molecule has 128 valence electrons.